The molecule has 2 aromatic heterocycles. The monoisotopic (exact) mass is 536 g/mol. The molecule has 38 heavy (non-hydrogen) atoms. The summed E-state index contributed by atoms with van der Waals surface area (Å²) in [6.45, 7) is 5.12. The van der Waals surface area contributed by atoms with E-state index in [0.717, 1.165) is 43.4 Å². The molecule has 9 nitrogen and oxygen atoms in total. The fourth-order valence-electron chi connectivity index (χ4n) is 5.33. The number of benzene rings is 1. The first-order valence-electron chi connectivity index (χ1n) is 13.2. The van der Waals surface area contributed by atoms with Crippen LogP contribution in [-0.2, 0) is 4.79 Å². The highest BCUT2D eigenvalue weighted by molar-refractivity contribution is 6.35. The van der Waals surface area contributed by atoms with Gasteiger partial charge in [-0.05, 0) is 56.9 Å². The van der Waals surface area contributed by atoms with Crippen LogP contribution in [0.2, 0.25) is 5.02 Å². The Kier molecular flexibility index (Phi) is 8.06. The molecule has 2 amide bonds. The van der Waals surface area contributed by atoms with E-state index in [1.165, 1.54) is 0 Å². The van der Waals surface area contributed by atoms with Crippen molar-refractivity contribution < 1.29 is 14.7 Å². The fraction of sp³-hybridized carbons (Fsp3) is 0.429. The van der Waals surface area contributed by atoms with Gasteiger partial charge in [-0.2, -0.15) is 0 Å². The van der Waals surface area contributed by atoms with Crippen LogP contribution in [0.25, 0.3) is 11.0 Å². The molecule has 0 radical (unpaired) electrons. The van der Waals surface area contributed by atoms with Gasteiger partial charge in [0, 0.05) is 56.3 Å². The number of halogens is 1. The number of aromatic nitrogens is 3. The minimum absolute atomic E-state index is 0.0370. The molecule has 200 valence electrons. The highest BCUT2D eigenvalue weighted by atomic mass is 35.5. The van der Waals surface area contributed by atoms with Crippen LogP contribution in [0.5, 0.6) is 0 Å². The average molecular weight is 537 g/mol. The summed E-state index contributed by atoms with van der Waals surface area (Å²) in [5, 5.41) is 13.3. The lowest BCUT2D eigenvalue weighted by Crippen LogP contribution is -2.35. The number of anilines is 1. The van der Waals surface area contributed by atoms with Crippen molar-refractivity contribution in [1.82, 2.24) is 24.3 Å². The van der Waals surface area contributed by atoms with Crippen molar-refractivity contribution in [2.45, 2.75) is 44.8 Å². The van der Waals surface area contributed by atoms with E-state index in [4.69, 9.17) is 16.6 Å². The van der Waals surface area contributed by atoms with E-state index in [0.29, 0.717) is 48.2 Å². The Hall–Kier alpha value is -3.27. The number of para-hydroxylation sites is 1. The molecule has 0 bridgehead atoms. The number of nitrogens with zero attached hydrogens (tertiary/aromatic N) is 5. The van der Waals surface area contributed by atoms with Crippen LogP contribution in [-0.4, -0.2) is 80.1 Å². The van der Waals surface area contributed by atoms with E-state index in [1.54, 1.807) is 24.4 Å². The smallest absolute Gasteiger partial charge is 0.258 e. The minimum Gasteiger partial charge on any atom is -0.392 e. The molecule has 0 aliphatic carbocycles. The quantitative estimate of drug-likeness (QED) is 0.464. The lowest BCUT2D eigenvalue weighted by atomic mass is 10.1. The van der Waals surface area contributed by atoms with Gasteiger partial charge in [0.1, 0.15) is 0 Å². The van der Waals surface area contributed by atoms with Crippen molar-refractivity contribution >= 4 is 40.4 Å². The molecule has 0 spiro atoms. The molecule has 2 aliphatic rings. The number of aryl methyl sites for hydroxylation is 1. The highest BCUT2D eigenvalue weighted by Crippen LogP contribution is 2.34. The van der Waals surface area contributed by atoms with Gasteiger partial charge in [-0.3, -0.25) is 24.8 Å². The van der Waals surface area contributed by atoms with Gasteiger partial charge in [0.05, 0.1) is 28.2 Å². The van der Waals surface area contributed by atoms with Gasteiger partial charge in [0.25, 0.3) is 5.91 Å². The SMILES string of the molecule is Cc1cc(C(=O)Nc2nc3cccc(Cl)c3n2[C@@H]2CCCCN(C(=O)C=CCN3CC[C@@H](O)C3)C2)ccn1. The summed E-state index contributed by atoms with van der Waals surface area (Å²) in [6, 6.07) is 8.83. The zero-order valence-electron chi connectivity index (χ0n) is 21.5. The Morgan fingerprint density at radius 3 is 2.84 bits per heavy atom. The molecule has 5 rings (SSSR count). The number of aliphatic hydroxyl groups is 1. The molecule has 0 unspecified atom stereocenters. The van der Waals surface area contributed by atoms with Crippen LogP contribution in [0, 0.1) is 6.92 Å². The van der Waals surface area contributed by atoms with E-state index >= 15 is 0 Å². The third-order valence-electron chi connectivity index (χ3n) is 7.24. The number of rotatable bonds is 6. The first kappa shape index (κ1) is 26.3. The maximum Gasteiger partial charge on any atom is 0.258 e. The number of likely N-dealkylation sites (tertiary alicyclic amines) is 2. The first-order chi connectivity index (χ1) is 18.4. The molecule has 3 aromatic rings. The fourth-order valence-corrected chi connectivity index (χ4v) is 5.59. The molecule has 2 saturated heterocycles. The topological polar surface area (TPSA) is 104 Å². The van der Waals surface area contributed by atoms with Gasteiger partial charge in [-0.1, -0.05) is 23.7 Å². The molecule has 2 atom stereocenters. The molecule has 2 N–H and O–H groups in total. The van der Waals surface area contributed by atoms with E-state index in [1.807, 2.05) is 40.7 Å². The second kappa shape index (κ2) is 11.6. The van der Waals surface area contributed by atoms with Crippen LogP contribution in [0.3, 0.4) is 0 Å². The molecular formula is C28H33ClN6O3. The molecule has 0 saturated carbocycles. The number of amides is 2. The van der Waals surface area contributed by atoms with Crippen molar-refractivity contribution in [1.29, 1.82) is 0 Å². The van der Waals surface area contributed by atoms with Crippen molar-refractivity contribution in [3.8, 4) is 0 Å². The highest BCUT2D eigenvalue weighted by Gasteiger charge is 2.27. The molecule has 1 aromatic carbocycles. The van der Waals surface area contributed by atoms with Gasteiger partial charge >= 0.3 is 0 Å². The van der Waals surface area contributed by atoms with Gasteiger partial charge in [0.15, 0.2) is 0 Å². The van der Waals surface area contributed by atoms with Crippen LogP contribution in [0.4, 0.5) is 5.95 Å². The van der Waals surface area contributed by atoms with E-state index in [2.05, 4.69) is 15.2 Å². The maximum atomic E-state index is 13.2. The van der Waals surface area contributed by atoms with Gasteiger partial charge in [-0.15, -0.1) is 0 Å². The predicted molar refractivity (Wildman–Crippen MR) is 147 cm³/mol. The van der Waals surface area contributed by atoms with Crippen molar-refractivity contribution in [2.24, 2.45) is 0 Å². The third kappa shape index (κ3) is 5.90. The van der Waals surface area contributed by atoms with Crippen LogP contribution in [0.15, 0.2) is 48.7 Å². The summed E-state index contributed by atoms with van der Waals surface area (Å²) in [7, 11) is 0. The zero-order chi connectivity index (χ0) is 26.6. The van der Waals surface area contributed by atoms with Crippen molar-refractivity contribution in [2.75, 3.05) is 38.0 Å². The number of β-amino-alcohol motifs (C(OH)–C–C–N with tert-alkyl or cyclic N) is 1. The largest absolute Gasteiger partial charge is 0.392 e. The third-order valence-corrected chi connectivity index (χ3v) is 7.54. The number of carbonyl (C=O) groups is 2. The Morgan fingerprint density at radius 1 is 1.18 bits per heavy atom. The van der Waals surface area contributed by atoms with Crippen molar-refractivity contribution in [3.05, 3.63) is 65.0 Å². The summed E-state index contributed by atoms with van der Waals surface area (Å²) < 4.78 is 1.99. The number of imidazole rings is 1. The molecule has 2 fully saturated rings. The lowest BCUT2D eigenvalue weighted by Gasteiger charge is -2.26. The zero-order valence-corrected chi connectivity index (χ0v) is 22.3. The standard InChI is InChI=1S/C28H33ClN6O3/c1-19-16-20(10-12-30-19)27(38)32-28-31-24-8-4-7-23(29)26(24)35(28)21-6-2-3-14-34(17-21)25(37)9-5-13-33-15-11-22(36)18-33/h4-5,7-10,12,16,21-22,36H,2-3,6,11,13-15,17-18H2,1H3,(H,31,32,38)/t21-,22-/m1/s1. The first-order valence-corrected chi connectivity index (χ1v) is 13.5. The van der Waals surface area contributed by atoms with E-state index in [-0.39, 0.29) is 24.0 Å². The average Bonchev–Trinajstić information content (AvgIpc) is 3.38. The second-order valence-corrected chi connectivity index (χ2v) is 10.5. The maximum absolute atomic E-state index is 13.2. The normalized spacial score (nSPS) is 20.8. The van der Waals surface area contributed by atoms with Crippen LogP contribution < -0.4 is 5.32 Å². The van der Waals surface area contributed by atoms with Crippen LogP contribution in [0.1, 0.15) is 47.8 Å². The minimum atomic E-state index is -0.278. The number of pyridine rings is 1. The Labute approximate surface area is 227 Å². The predicted octanol–water partition coefficient (Wildman–Crippen LogP) is 3.82. The van der Waals surface area contributed by atoms with Gasteiger partial charge < -0.3 is 14.6 Å². The number of aliphatic hydroxyl groups excluding tert-OH is 1. The summed E-state index contributed by atoms with van der Waals surface area (Å²) in [4.78, 5) is 39.2. The Balaban J connectivity index is 1.39. The van der Waals surface area contributed by atoms with E-state index < -0.39 is 0 Å². The Morgan fingerprint density at radius 2 is 2.05 bits per heavy atom. The van der Waals surface area contributed by atoms with Gasteiger partial charge in [-0.25, -0.2) is 4.98 Å². The molecule has 2 aliphatic heterocycles. The van der Waals surface area contributed by atoms with E-state index in [9.17, 15) is 14.7 Å². The number of carbonyl (C=O) groups excluding carboxylic acids is 2. The number of fused-ring (bicyclic) bond motifs is 1. The number of hydrogen-bond donors (Lipinski definition) is 2. The van der Waals surface area contributed by atoms with Crippen LogP contribution >= 0.6 is 11.6 Å². The van der Waals surface area contributed by atoms with Gasteiger partial charge in [0.2, 0.25) is 11.9 Å². The molecular weight excluding hydrogens is 504 g/mol. The number of nitrogens with one attached hydrogen (secondary N) is 1. The number of hydrogen-bond acceptors (Lipinski definition) is 6. The summed E-state index contributed by atoms with van der Waals surface area (Å²) in [5.41, 5.74) is 2.68. The summed E-state index contributed by atoms with van der Waals surface area (Å²) in [6.07, 6.45) is 8.28. The molecule has 4 heterocycles. The summed E-state index contributed by atoms with van der Waals surface area (Å²) in [5.74, 6) is 0.0969. The van der Waals surface area contributed by atoms with Crippen molar-refractivity contribution in [3.63, 3.8) is 0 Å². The summed E-state index contributed by atoms with van der Waals surface area (Å²) >= 11 is 6.65. The second-order valence-electron chi connectivity index (χ2n) is 10.1. The lowest BCUT2D eigenvalue weighted by molar-refractivity contribution is -0.126. The molecule has 10 heteroatoms. The Bertz CT molecular complexity index is 1360.